The number of hydrogen-bond acceptors (Lipinski definition) is 6. The Bertz CT molecular complexity index is 971. The molecule has 0 aliphatic heterocycles. The summed E-state index contributed by atoms with van der Waals surface area (Å²) in [7, 11) is 1.55. The lowest BCUT2D eigenvalue weighted by molar-refractivity contribution is 0.0635. The summed E-state index contributed by atoms with van der Waals surface area (Å²) < 4.78 is 10.9. The van der Waals surface area contributed by atoms with Crippen LogP contribution in [0.2, 0.25) is 0 Å². The van der Waals surface area contributed by atoms with E-state index in [2.05, 4.69) is 20.3 Å². The first kappa shape index (κ1) is 20.3. The highest BCUT2D eigenvalue weighted by Crippen LogP contribution is 2.32. The molecule has 0 unspecified atom stereocenters. The van der Waals surface area contributed by atoms with E-state index >= 15 is 0 Å². The van der Waals surface area contributed by atoms with Gasteiger partial charge in [0.15, 0.2) is 0 Å². The number of amides is 1. The summed E-state index contributed by atoms with van der Waals surface area (Å²) in [5.74, 6) is 0.719. The molecule has 2 aromatic heterocycles. The topological polar surface area (TPSA) is 86.2 Å². The number of methoxy groups -OCH3 is 1. The SMILES string of the molecule is COc1nc(NC(=O)OC(C)(C)C)cc(-c2cnccn2)c1Cc1ccccc1. The van der Waals surface area contributed by atoms with Crippen molar-refractivity contribution in [2.75, 3.05) is 12.4 Å². The highest BCUT2D eigenvalue weighted by atomic mass is 16.6. The molecule has 0 saturated heterocycles. The van der Waals surface area contributed by atoms with Crippen LogP contribution in [0, 0.1) is 0 Å². The normalized spacial score (nSPS) is 11.0. The molecule has 150 valence electrons. The second-order valence-corrected chi connectivity index (χ2v) is 7.42. The minimum absolute atomic E-state index is 0.313. The molecule has 29 heavy (non-hydrogen) atoms. The van der Waals surface area contributed by atoms with Crippen LogP contribution in [-0.2, 0) is 11.2 Å². The maximum Gasteiger partial charge on any atom is 0.413 e. The standard InChI is InChI=1S/C22H24N4O3/c1-22(2,3)29-21(27)26-19-13-16(18-14-23-10-11-24-18)17(20(25-19)28-4)12-15-8-6-5-7-9-15/h5-11,13-14H,12H2,1-4H3,(H,25,26,27). The van der Waals surface area contributed by atoms with Gasteiger partial charge in [0.25, 0.3) is 0 Å². The summed E-state index contributed by atoms with van der Waals surface area (Å²) in [4.78, 5) is 25.3. The first-order chi connectivity index (χ1) is 13.9. The molecule has 1 N–H and O–H groups in total. The van der Waals surface area contributed by atoms with Gasteiger partial charge in [-0.25, -0.2) is 4.79 Å². The maximum absolute atomic E-state index is 12.2. The molecule has 7 nitrogen and oxygen atoms in total. The minimum atomic E-state index is -0.616. The van der Waals surface area contributed by atoms with E-state index in [9.17, 15) is 4.79 Å². The van der Waals surface area contributed by atoms with Gasteiger partial charge in [0.2, 0.25) is 5.88 Å². The summed E-state index contributed by atoms with van der Waals surface area (Å²) in [6, 6.07) is 11.8. The van der Waals surface area contributed by atoms with E-state index in [1.807, 2.05) is 30.3 Å². The molecule has 0 radical (unpaired) electrons. The lowest BCUT2D eigenvalue weighted by Crippen LogP contribution is -2.27. The monoisotopic (exact) mass is 392 g/mol. The molecule has 0 aliphatic rings. The van der Waals surface area contributed by atoms with Crippen molar-refractivity contribution in [3.05, 3.63) is 66.1 Å². The summed E-state index contributed by atoms with van der Waals surface area (Å²) in [6.45, 7) is 5.40. The molecule has 0 spiro atoms. The highest BCUT2D eigenvalue weighted by molar-refractivity contribution is 5.85. The Morgan fingerprint density at radius 2 is 1.90 bits per heavy atom. The summed E-state index contributed by atoms with van der Waals surface area (Å²) in [5.41, 5.74) is 2.78. The average molecular weight is 392 g/mol. The van der Waals surface area contributed by atoms with Crippen molar-refractivity contribution in [3.8, 4) is 17.1 Å². The van der Waals surface area contributed by atoms with Gasteiger partial charge in [-0.05, 0) is 32.4 Å². The van der Waals surface area contributed by atoms with Crippen LogP contribution in [0.3, 0.4) is 0 Å². The van der Waals surface area contributed by atoms with Gasteiger partial charge in [0.05, 0.1) is 19.0 Å². The number of hydrogen-bond donors (Lipinski definition) is 1. The van der Waals surface area contributed by atoms with Gasteiger partial charge in [0, 0.05) is 29.9 Å². The first-order valence-electron chi connectivity index (χ1n) is 9.24. The summed E-state index contributed by atoms with van der Waals surface area (Å²) in [5, 5.41) is 2.67. The number of carbonyl (C=O) groups excluding carboxylic acids is 1. The molecule has 7 heteroatoms. The number of anilines is 1. The molecule has 0 fully saturated rings. The van der Waals surface area contributed by atoms with Gasteiger partial charge in [-0.2, -0.15) is 4.98 Å². The fourth-order valence-corrected chi connectivity index (χ4v) is 2.83. The third kappa shape index (κ3) is 5.51. The number of carbonyl (C=O) groups is 1. The first-order valence-corrected chi connectivity index (χ1v) is 9.24. The van der Waals surface area contributed by atoms with Gasteiger partial charge in [-0.3, -0.25) is 15.3 Å². The lowest BCUT2D eigenvalue weighted by Gasteiger charge is -2.20. The van der Waals surface area contributed by atoms with E-state index < -0.39 is 11.7 Å². The Balaban J connectivity index is 2.04. The van der Waals surface area contributed by atoms with Crippen molar-refractivity contribution < 1.29 is 14.3 Å². The van der Waals surface area contributed by atoms with Crippen molar-refractivity contribution >= 4 is 11.9 Å². The second kappa shape index (κ2) is 8.68. The Morgan fingerprint density at radius 1 is 1.14 bits per heavy atom. The van der Waals surface area contributed by atoms with E-state index in [4.69, 9.17) is 9.47 Å². The molecule has 1 aromatic carbocycles. The predicted octanol–water partition coefficient (Wildman–Crippen LogP) is 4.49. The van der Waals surface area contributed by atoms with Gasteiger partial charge in [-0.15, -0.1) is 0 Å². The van der Waals surface area contributed by atoms with E-state index in [0.717, 1.165) is 16.7 Å². The van der Waals surface area contributed by atoms with Crippen LogP contribution in [0.15, 0.2) is 55.0 Å². The molecule has 3 rings (SSSR count). The van der Waals surface area contributed by atoms with E-state index in [-0.39, 0.29) is 0 Å². The number of nitrogens with zero attached hydrogens (tertiary/aromatic N) is 3. The van der Waals surface area contributed by atoms with Crippen molar-refractivity contribution in [3.63, 3.8) is 0 Å². The second-order valence-electron chi connectivity index (χ2n) is 7.42. The Kier molecular flexibility index (Phi) is 6.07. The van der Waals surface area contributed by atoms with Crippen LogP contribution in [-0.4, -0.2) is 33.8 Å². The average Bonchev–Trinajstić information content (AvgIpc) is 2.68. The summed E-state index contributed by atoms with van der Waals surface area (Å²) >= 11 is 0. The zero-order valence-electron chi connectivity index (χ0n) is 17.0. The molecule has 2 heterocycles. The van der Waals surface area contributed by atoms with E-state index in [0.29, 0.717) is 23.8 Å². The number of ether oxygens (including phenoxy) is 2. The van der Waals surface area contributed by atoms with Gasteiger partial charge in [-0.1, -0.05) is 30.3 Å². The van der Waals surface area contributed by atoms with Gasteiger partial charge in [0.1, 0.15) is 11.4 Å². The van der Waals surface area contributed by atoms with Crippen molar-refractivity contribution in [2.45, 2.75) is 32.8 Å². The largest absolute Gasteiger partial charge is 0.481 e. The molecule has 1 amide bonds. The Morgan fingerprint density at radius 3 is 2.52 bits per heavy atom. The fraction of sp³-hybridized carbons (Fsp3) is 0.273. The van der Waals surface area contributed by atoms with Crippen molar-refractivity contribution in [2.24, 2.45) is 0 Å². The van der Waals surface area contributed by atoms with Gasteiger partial charge < -0.3 is 9.47 Å². The number of nitrogens with one attached hydrogen (secondary N) is 1. The van der Waals surface area contributed by atoms with Crippen molar-refractivity contribution in [1.29, 1.82) is 0 Å². The maximum atomic E-state index is 12.2. The number of pyridine rings is 1. The molecular weight excluding hydrogens is 368 g/mol. The minimum Gasteiger partial charge on any atom is -0.481 e. The lowest BCUT2D eigenvalue weighted by atomic mass is 9.99. The molecule has 0 atom stereocenters. The van der Waals surface area contributed by atoms with Crippen LogP contribution in [0.25, 0.3) is 11.3 Å². The molecule has 0 bridgehead atoms. The third-order valence-electron chi connectivity index (χ3n) is 3.97. The van der Waals surface area contributed by atoms with Crippen molar-refractivity contribution in [1.82, 2.24) is 15.0 Å². The van der Waals surface area contributed by atoms with E-state index in [1.165, 1.54) is 0 Å². The van der Waals surface area contributed by atoms with Crippen LogP contribution < -0.4 is 10.1 Å². The van der Waals surface area contributed by atoms with Crippen LogP contribution in [0.5, 0.6) is 5.88 Å². The molecule has 0 saturated carbocycles. The predicted molar refractivity (Wildman–Crippen MR) is 111 cm³/mol. The number of aromatic nitrogens is 3. The fourth-order valence-electron chi connectivity index (χ4n) is 2.83. The quantitative estimate of drug-likeness (QED) is 0.689. The molecule has 0 aliphatic carbocycles. The molecular formula is C22H24N4O3. The van der Waals surface area contributed by atoms with Crippen LogP contribution in [0.1, 0.15) is 31.9 Å². The highest BCUT2D eigenvalue weighted by Gasteiger charge is 2.20. The van der Waals surface area contributed by atoms with Crippen LogP contribution in [0.4, 0.5) is 10.6 Å². The van der Waals surface area contributed by atoms with E-state index in [1.54, 1.807) is 52.5 Å². The van der Waals surface area contributed by atoms with Crippen LogP contribution >= 0.6 is 0 Å². The smallest absolute Gasteiger partial charge is 0.413 e. The zero-order valence-corrected chi connectivity index (χ0v) is 17.0. The number of benzene rings is 1. The Hall–Kier alpha value is -3.48. The summed E-state index contributed by atoms with van der Waals surface area (Å²) in [6.07, 6.45) is 4.90. The Labute approximate surface area is 170 Å². The van der Waals surface area contributed by atoms with Gasteiger partial charge >= 0.3 is 6.09 Å². The molecule has 3 aromatic rings. The zero-order chi connectivity index (χ0) is 20.9. The third-order valence-corrected chi connectivity index (χ3v) is 3.97. The number of rotatable bonds is 5.